The summed E-state index contributed by atoms with van der Waals surface area (Å²) in [4.78, 5) is 11.9. The second kappa shape index (κ2) is 6.82. The van der Waals surface area contributed by atoms with Gasteiger partial charge in [0.15, 0.2) is 5.78 Å². The van der Waals surface area contributed by atoms with E-state index in [1.54, 1.807) is 26.0 Å². The number of Topliss-reactive ketones (excluding diaryl/α,β-unsaturated/α-hetero) is 1. The molecule has 0 saturated carbocycles. The molecular weight excluding hydrogens is 262 g/mol. The lowest BCUT2D eigenvalue weighted by Crippen LogP contribution is -2.33. The molecule has 0 unspecified atom stereocenters. The quantitative estimate of drug-likeness (QED) is 0.721. The number of benzene rings is 1. The summed E-state index contributed by atoms with van der Waals surface area (Å²) in [6.07, 6.45) is 0.0297. The van der Waals surface area contributed by atoms with E-state index in [0.29, 0.717) is 18.7 Å². The molecule has 0 heterocycles. The van der Waals surface area contributed by atoms with Crippen LogP contribution in [-0.4, -0.2) is 37.3 Å². The Bertz CT molecular complexity index is 516. The molecule has 0 radical (unpaired) electrons. The minimum atomic E-state index is -3.32. The number of rotatable bonds is 7. The van der Waals surface area contributed by atoms with Crippen molar-refractivity contribution in [2.45, 2.75) is 27.2 Å². The monoisotopic (exact) mass is 283 g/mol. The summed E-state index contributed by atoms with van der Waals surface area (Å²) in [6, 6.07) is 7.18. The largest absolute Gasteiger partial charge is 0.294 e. The lowest BCUT2D eigenvalue weighted by Gasteiger charge is -2.17. The van der Waals surface area contributed by atoms with E-state index < -0.39 is 10.0 Å². The van der Waals surface area contributed by atoms with Gasteiger partial charge in [0.2, 0.25) is 10.0 Å². The van der Waals surface area contributed by atoms with Gasteiger partial charge in [0.25, 0.3) is 0 Å². The molecule has 0 bridgehead atoms. The standard InChI is InChI=1S/C14H21NO3S/c1-4-15(5-2)19(17,18)11-10-14(16)13-8-6-12(3)7-9-13/h6-9H,4-5,10-11H2,1-3H3. The number of ketones is 1. The molecule has 1 aromatic rings. The zero-order valence-electron chi connectivity index (χ0n) is 11.7. The van der Waals surface area contributed by atoms with Gasteiger partial charge < -0.3 is 0 Å². The Kier molecular flexibility index (Phi) is 5.69. The fourth-order valence-electron chi connectivity index (χ4n) is 1.85. The molecule has 1 aromatic carbocycles. The summed E-state index contributed by atoms with van der Waals surface area (Å²) in [5, 5.41) is 0. The van der Waals surface area contributed by atoms with Crippen molar-refractivity contribution < 1.29 is 13.2 Å². The number of hydrogen-bond donors (Lipinski definition) is 0. The topological polar surface area (TPSA) is 54.5 Å². The Labute approximate surface area is 115 Å². The summed E-state index contributed by atoms with van der Waals surface area (Å²) in [5.74, 6) is -0.253. The van der Waals surface area contributed by atoms with Gasteiger partial charge in [0, 0.05) is 25.1 Å². The molecule has 0 aliphatic carbocycles. The fourth-order valence-corrected chi connectivity index (χ4v) is 3.34. The van der Waals surface area contributed by atoms with Gasteiger partial charge in [-0.1, -0.05) is 43.7 Å². The van der Waals surface area contributed by atoms with Crippen LogP contribution >= 0.6 is 0 Å². The van der Waals surface area contributed by atoms with E-state index in [9.17, 15) is 13.2 Å². The van der Waals surface area contributed by atoms with Gasteiger partial charge in [0.1, 0.15) is 0 Å². The summed E-state index contributed by atoms with van der Waals surface area (Å²) in [5.41, 5.74) is 1.65. The molecule has 0 atom stereocenters. The number of sulfonamides is 1. The predicted molar refractivity (Wildman–Crippen MR) is 76.8 cm³/mol. The van der Waals surface area contributed by atoms with Gasteiger partial charge in [-0.2, -0.15) is 0 Å². The summed E-state index contributed by atoms with van der Waals surface area (Å²) in [7, 11) is -3.32. The molecule has 0 aromatic heterocycles. The van der Waals surface area contributed by atoms with Crippen LogP contribution in [0.25, 0.3) is 0 Å². The van der Waals surface area contributed by atoms with Gasteiger partial charge >= 0.3 is 0 Å². The SMILES string of the molecule is CCN(CC)S(=O)(=O)CCC(=O)c1ccc(C)cc1. The van der Waals surface area contributed by atoms with Crippen LogP contribution in [0.4, 0.5) is 0 Å². The minimum Gasteiger partial charge on any atom is -0.294 e. The Morgan fingerprint density at radius 3 is 2.11 bits per heavy atom. The van der Waals surface area contributed by atoms with Gasteiger partial charge in [-0.3, -0.25) is 4.79 Å². The Morgan fingerprint density at radius 2 is 1.63 bits per heavy atom. The van der Waals surface area contributed by atoms with Gasteiger partial charge in [-0.25, -0.2) is 12.7 Å². The van der Waals surface area contributed by atoms with Crippen molar-refractivity contribution >= 4 is 15.8 Å². The van der Waals surface area contributed by atoms with E-state index in [0.717, 1.165) is 5.56 Å². The second-order valence-electron chi connectivity index (χ2n) is 4.44. The highest BCUT2D eigenvalue weighted by Gasteiger charge is 2.20. The predicted octanol–water partition coefficient (Wildman–Crippen LogP) is 2.24. The molecule has 0 fully saturated rings. The molecule has 19 heavy (non-hydrogen) atoms. The minimum absolute atomic E-state index is 0.0297. The molecule has 0 aliphatic heterocycles. The highest BCUT2D eigenvalue weighted by Crippen LogP contribution is 2.09. The average molecular weight is 283 g/mol. The van der Waals surface area contributed by atoms with Crippen LogP contribution in [0, 0.1) is 6.92 Å². The number of carbonyl (C=O) groups excluding carboxylic acids is 1. The highest BCUT2D eigenvalue weighted by atomic mass is 32.2. The van der Waals surface area contributed by atoms with Gasteiger partial charge in [-0.15, -0.1) is 0 Å². The van der Waals surface area contributed by atoms with Crippen molar-refractivity contribution in [2.75, 3.05) is 18.8 Å². The van der Waals surface area contributed by atoms with E-state index in [-0.39, 0.29) is 18.0 Å². The Hall–Kier alpha value is -1.20. The van der Waals surface area contributed by atoms with Crippen LogP contribution in [0.2, 0.25) is 0 Å². The normalized spacial score (nSPS) is 11.8. The van der Waals surface area contributed by atoms with E-state index in [2.05, 4.69) is 0 Å². The molecule has 5 heteroatoms. The third-order valence-electron chi connectivity index (χ3n) is 3.06. The van der Waals surface area contributed by atoms with Crippen LogP contribution in [-0.2, 0) is 10.0 Å². The first-order valence-corrected chi connectivity index (χ1v) is 8.09. The van der Waals surface area contributed by atoms with E-state index >= 15 is 0 Å². The van der Waals surface area contributed by atoms with Crippen molar-refractivity contribution in [1.29, 1.82) is 0 Å². The van der Waals surface area contributed by atoms with Crippen LogP contribution in [0.15, 0.2) is 24.3 Å². The lowest BCUT2D eigenvalue weighted by atomic mass is 10.1. The van der Waals surface area contributed by atoms with Crippen LogP contribution in [0.5, 0.6) is 0 Å². The highest BCUT2D eigenvalue weighted by molar-refractivity contribution is 7.89. The summed E-state index contributed by atoms with van der Waals surface area (Å²) in [6.45, 7) is 6.42. The Balaban J connectivity index is 2.66. The molecule has 0 amide bonds. The number of hydrogen-bond acceptors (Lipinski definition) is 3. The first-order chi connectivity index (χ1) is 8.90. The molecule has 0 spiro atoms. The van der Waals surface area contributed by atoms with Crippen LogP contribution < -0.4 is 0 Å². The third-order valence-corrected chi connectivity index (χ3v) is 5.08. The summed E-state index contributed by atoms with van der Waals surface area (Å²) < 4.78 is 25.3. The zero-order chi connectivity index (χ0) is 14.5. The molecule has 106 valence electrons. The van der Waals surface area contributed by atoms with Crippen LogP contribution in [0.3, 0.4) is 0 Å². The second-order valence-corrected chi connectivity index (χ2v) is 6.53. The van der Waals surface area contributed by atoms with Crippen molar-refractivity contribution in [3.05, 3.63) is 35.4 Å². The van der Waals surface area contributed by atoms with Gasteiger partial charge in [0.05, 0.1) is 5.75 Å². The van der Waals surface area contributed by atoms with Crippen LogP contribution in [0.1, 0.15) is 36.2 Å². The molecular formula is C14H21NO3S. The van der Waals surface area contributed by atoms with Crippen molar-refractivity contribution in [3.8, 4) is 0 Å². The van der Waals surface area contributed by atoms with E-state index in [1.807, 2.05) is 19.1 Å². The maximum Gasteiger partial charge on any atom is 0.214 e. The zero-order valence-corrected chi connectivity index (χ0v) is 12.5. The van der Waals surface area contributed by atoms with E-state index in [4.69, 9.17) is 0 Å². The molecule has 0 N–H and O–H groups in total. The number of carbonyl (C=O) groups is 1. The molecule has 1 rings (SSSR count). The van der Waals surface area contributed by atoms with Crippen molar-refractivity contribution in [3.63, 3.8) is 0 Å². The van der Waals surface area contributed by atoms with Gasteiger partial charge in [-0.05, 0) is 6.92 Å². The maximum absolute atomic E-state index is 12.0. The maximum atomic E-state index is 12.0. The number of nitrogens with zero attached hydrogens (tertiary/aromatic N) is 1. The lowest BCUT2D eigenvalue weighted by molar-refractivity contribution is 0.0988. The first-order valence-electron chi connectivity index (χ1n) is 6.48. The Morgan fingerprint density at radius 1 is 1.11 bits per heavy atom. The molecule has 0 saturated heterocycles. The third kappa shape index (κ3) is 4.44. The summed E-state index contributed by atoms with van der Waals surface area (Å²) >= 11 is 0. The van der Waals surface area contributed by atoms with E-state index in [1.165, 1.54) is 4.31 Å². The van der Waals surface area contributed by atoms with Crippen molar-refractivity contribution in [1.82, 2.24) is 4.31 Å². The van der Waals surface area contributed by atoms with Crippen molar-refractivity contribution in [2.24, 2.45) is 0 Å². The average Bonchev–Trinajstić information content (AvgIpc) is 2.38. The smallest absolute Gasteiger partial charge is 0.214 e. The first kappa shape index (κ1) is 15.9. The molecule has 0 aliphatic rings. The fraction of sp³-hybridized carbons (Fsp3) is 0.500. The molecule has 4 nitrogen and oxygen atoms in total. The number of aryl methyl sites for hydroxylation is 1.